The standard InChI is InChI=1S/C14H17NO5/c1-18-9-6-10(19-2)14(11(7-9)20-3)8-4-12(16)15-13(17)5-8/h6-8H,4-5H2,1-3H3,(H,15,16,17). The highest BCUT2D eigenvalue weighted by Gasteiger charge is 2.31. The first-order chi connectivity index (χ1) is 9.58. The van der Waals surface area contributed by atoms with Crippen molar-refractivity contribution in [2.24, 2.45) is 0 Å². The Balaban J connectivity index is 2.48. The summed E-state index contributed by atoms with van der Waals surface area (Å²) in [7, 11) is 4.61. The molecule has 1 aliphatic rings. The van der Waals surface area contributed by atoms with Gasteiger partial charge in [-0.3, -0.25) is 14.9 Å². The SMILES string of the molecule is COc1cc(OC)c(C2CC(=O)NC(=O)C2)c(OC)c1. The monoisotopic (exact) mass is 279 g/mol. The predicted octanol–water partition coefficient (Wildman–Crippen LogP) is 1.23. The van der Waals surface area contributed by atoms with Crippen LogP contribution >= 0.6 is 0 Å². The molecule has 20 heavy (non-hydrogen) atoms. The maximum absolute atomic E-state index is 11.5. The van der Waals surface area contributed by atoms with Crippen LogP contribution in [0, 0.1) is 0 Å². The Bertz CT molecular complexity index is 499. The van der Waals surface area contributed by atoms with Crippen LogP contribution in [0.15, 0.2) is 12.1 Å². The van der Waals surface area contributed by atoms with E-state index in [4.69, 9.17) is 14.2 Å². The van der Waals surface area contributed by atoms with E-state index in [-0.39, 0.29) is 30.6 Å². The van der Waals surface area contributed by atoms with Gasteiger partial charge in [-0.05, 0) is 0 Å². The van der Waals surface area contributed by atoms with Crippen LogP contribution in [-0.2, 0) is 9.59 Å². The molecule has 0 aromatic heterocycles. The quantitative estimate of drug-likeness (QED) is 0.839. The van der Waals surface area contributed by atoms with Gasteiger partial charge in [-0.15, -0.1) is 0 Å². The lowest BCUT2D eigenvalue weighted by molar-refractivity contribution is -0.133. The van der Waals surface area contributed by atoms with Crippen molar-refractivity contribution in [1.29, 1.82) is 0 Å². The number of hydrogen-bond donors (Lipinski definition) is 1. The first-order valence-electron chi connectivity index (χ1n) is 6.21. The Labute approximate surface area is 117 Å². The van der Waals surface area contributed by atoms with Crippen LogP contribution in [0.2, 0.25) is 0 Å². The van der Waals surface area contributed by atoms with E-state index in [1.54, 1.807) is 19.2 Å². The first-order valence-corrected chi connectivity index (χ1v) is 6.21. The number of benzene rings is 1. The van der Waals surface area contributed by atoms with Crippen molar-refractivity contribution in [2.45, 2.75) is 18.8 Å². The zero-order valence-electron chi connectivity index (χ0n) is 11.7. The lowest BCUT2D eigenvalue weighted by atomic mass is 9.88. The van der Waals surface area contributed by atoms with Crippen molar-refractivity contribution in [3.05, 3.63) is 17.7 Å². The van der Waals surface area contributed by atoms with Crippen LogP contribution < -0.4 is 19.5 Å². The van der Waals surface area contributed by atoms with E-state index in [1.165, 1.54) is 14.2 Å². The lowest BCUT2D eigenvalue weighted by Gasteiger charge is -2.25. The zero-order chi connectivity index (χ0) is 14.7. The molecule has 2 amide bonds. The molecule has 0 atom stereocenters. The van der Waals surface area contributed by atoms with Crippen LogP contribution in [0.5, 0.6) is 17.2 Å². The van der Waals surface area contributed by atoms with Gasteiger partial charge in [0.2, 0.25) is 11.8 Å². The topological polar surface area (TPSA) is 73.9 Å². The number of hydrogen-bond acceptors (Lipinski definition) is 5. The van der Waals surface area contributed by atoms with E-state index < -0.39 is 0 Å². The molecule has 1 aromatic carbocycles. The van der Waals surface area contributed by atoms with Gasteiger partial charge in [0, 0.05) is 36.5 Å². The Morgan fingerprint density at radius 1 is 0.950 bits per heavy atom. The van der Waals surface area contributed by atoms with Gasteiger partial charge in [0.1, 0.15) is 17.2 Å². The largest absolute Gasteiger partial charge is 0.496 e. The zero-order valence-corrected chi connectivity index (χ0v) is 11.7. The average Bonchev–Trinajstić information content (AvgIpc) is 2.44. The molecule has 1 aromatic rings. The van der Waals surface area contributed by atoms with Gasteiger partial charge < -0.3 is 14.2 Å². The highest BCUT2D eigenvalue weighted by atomic mass is 16.5. The summed E-state index contributed by atoms with van der Waals surface area (Å²) < 4.78 is 15.9. The van der Waals surface area contributed by atoms with Gasteiger partial charge in [0.05, 0.1) is 21.3 Å². The van der Waals surface area contributed by atoms with Crippen LogP contribution in [0.25, 0.3) is 0 Å². The van der Waals surface area contributed by atoms with E-state index in [1.807, 2.05) is 0 Å². The Hall–Kier alpha value is -2.24. The molecule has 108 valence electrons. The highest BCUT2D eigenvalue weighted by molar-refractivity contribution is 5.98. The summed E-state index contributed by atoms with van der Waals surface area (Å²) in [5, 5.41) is 2.29. The van der Waals surface area contributed by atoms with Crippen molar-refractivity contribution in [2.75, 3.05) is 21.3 Å². The molecule has 1 fully saturated rings. The summed E-state index contributed by atoms with van der Waals surface area (Å²) in [6, 6.07) is 3.43. The predicted molar refractivity (Wildman–Crippen MR) is 71.2 cm³/mol. The van der Waals surface area contributed by atoms with E-state index in [9.17, 15) is 9.59 Å². The van der Waals surface area contributed by atoms with Crippen LogP contribution in [0.4, 0.5) is 0 Å². The van der Waals surface area contributed by atoms with Gasteiger partial charge in [0.25, 0.3) is 0 Å². The summed E-state index contributed by atoms with van der Waals surface area (Å²) >= 11 is 0. The molecule has 1 heterocycles. The number of rotatable bonds is 4. The summed E-state index contributed by atoms with van der Waals surface area (Å²) in [4.78, 5) is 23.1. The molecule has 6 heteroatoms. The van der Waals surface area contributed by atoms with Gasteiger partial charge >= 0.3 is 0 Å². The number of methoxy groups -OCH3 is 3. The minimum atomic E-state index is -0.286. The van der Waals surface area contributed by atoms with Gasteiger partial charge in [-0.2, -0.15) is 0 Å². The molecule has 1 aliphatic heterocycles. The van der Waals surface area contributed by atoms with E-state index in [0.29, 0.717) is 17.2 Å². The van der Waals surface area contributed by atoms with E-state index in [2.05, 4.69) is 5.32 Å². The van der Waals surface area contributed by atoms with Crippen LogP contribution in [0.1, 0.15) is 24.3 Å². The molecule has 0 bridgehead atoms. The number of nitrogens with one attached hydrogen (secondary N) is 1. The molecule has 6 nitrogen and oxygen atoms in total. The minimum Gasteiger partial charge on any atom is -0.496 e. The second kappa shape index (κ2) is 5.81. The van der Waals surface area contributed by atoms with Crippen molar-refractivity contribution >= 4 is 11.8 Å². The second-order valence-corrected chi connectivity index (χ2v) is 4.52. The van der Waals surface area contributed by atoms with E-state index in [0.717, 1.165) is 5.56 Å². The third-order valence-corrected chi connectivity index (χ3v) is 3.30. The summed E-state index contributed by atoms with van der Waals surface area (Å²) in [6.45, 7) is 0. The molecule has 0 saturated carbocycles. The van der Waals surface area contributed by atoms with Crippen molar-refractivity contribution < 1.29 is 23.8 Å². The normalized spacial score (nSPS) is 15.8. The van der Waals surface area contributed by atoms with Gasteiger partial charge in [-0.1, -0.05) is 0 Å². The Morgan fingerprint density at radius 3 is 1.85 bits per heavy atom. The fraction of sp³-hybridized carbons (Fsp3) is 0.429. The maximum Gasteiger partial charge on any atom is 0.227 e. The molecule has 0 spiro atoms. The second-order valence-electron chi connectivity index (χ2n) is 4.52. The molecular weight excluding hydrogens is 262 g/mol. The minimum absolute atomic E-state index is 0.227. The molecular formula is C14H17NO5. The van der Waals surface area contributed by atoms with Crippen molar-refractivity contribution in [3.63, 3.8) is 0 Å². The highest BCUT2D eigenvalue weighted by Crippen LogP contribution is 2.42. The fourth-order valence-corrected chi connectivity index (χ4v) is 2.42. The molecule has 0 aliphatic carbocycles. The summed E-state index contributed by atoms with van der Waals surface area (Å²) in [5.41, 5.74) is 0.721. The molecule has 1 saturated heterocycles. The number of carbonyl (C=O) groups is 2. The van der Waals surface area contributed by atoms with Gasteiger partial charge in [-0.25, -0.2) is 0 Å². The smallest absolute Gasteiger partial charge is 0.227 e. The Morgan fingerprint density at radius 2 is 1.45 bits per heavy atom. The number of amides is 2. The lowest BCUT2D eigenvalue weighted by Crippen LogP contribution is -2.37. The number of imide groups is 1. The molecule has 2 rings (SSSR count). The summed E-state index contributed by atoms with van der Waals surface area (Å²) in [6.07, 6.45) is 0.454. The van der Waals surface area contributed by atoms with Crippen LogP contribution in [-0.4, -0.2) is 33.1 Å². The van der Waals surface area contributed by atoms with Crippen molar-refractivity contribution in [3.8, 4) is 17.2 Å². The number of piperidine rings is 1. The molecule has 0 unspecified atom stereocenters. The molecule has 0 radical (unpaired) electrons. The molecule has 1 N–H and O–H groups in total. The maximum atomic E-state index is 11.5. The van der Waals surface area contributed by atoms with Crippen LogP contribution in [0.3, 0.4) is 0 Å². The summed E-state index contributed by atoms with van der Waals surface area (Å²) in [5.74, 6) is 0.862. The third-order valence-electron chi connectivity index (χ3n) is 3.30. The average molecular weight is 279 g/mol. The fourth-order valence-electron chi connectivity index (χ4n) is 2.42. The Kier molecular flexibility index (Phi) is 4.12. The number of carbonyl (C=O) groups excluding carboxylic acids is 2. The number of ether oxygens (including phenoxy) is 3. The van der Waals surface area contributed by atoms with E-state index >= 15 is 0 Å². The first kappa shape index (κ1) is 14.2. The van der Waals surface area contributed by atoms with Crippen molar-refractivity contribution in [1.82, 2.24) is 5.32 Å². The van der Waals surface area contributed by atoms with Gasteiger partial charge in [0.15, 0.2) is 0 Å². The third kappa shape index (κ3) is 2.68.